The van der Waals surface area contributed by atoms with Crippen LogP contribution in [0.15, 0.2) is 35.2 Å². The van der Waals surface area contributed by atoms with E-state index in [1.165, 1.54) is 17.7 Å². The van der Waals surface area contributed by atoms with Gasteiger partial charge in [0, 0.05) is 17.3 Å². The molecule has 0 radical (unpaired) electrons. The lowest BCUT2D eigenvalue weighted by molar-refractivity contribution is 0.147. The number of rotatable bonds is 7. The lowest BCUT2D eigenvalue weighted by Crippen LogP contribution is -1.98. The van der Waals surface area contributed by atoms with Gasteiger partial charge in [-0.2, -0.15) is 0 Å². The standard InChI is InChI=1S/C12H18OS/c1-2-3-9-13-10-11-14-12-7-5-4-6-8-12/h4-8H,2-3,9-11H2,1H3. The van der Waals surface area contributed by atoms with Crippen molar-refractivity contribution in [2.75, 3.05) is 19.0 Å². The molecule has 0 amide bonds. The fraction of sp³-hybridized carbons (Fsp3) is 0.500. The van der Waals surface area contributed by atoms with Crippen molar-refractivity contribution in [2.24, 2.45) is 0 Å². The van der Waals surface area contributed by atoms with Gasteiger partial charge in [0.15, 0.2) is 0 Å². The van der Waals surface area contributed by atoms with Crippen LogP contribution in [0.1, 0.15) is 19.8 Å². The molecule has 0 aliphatic heterocycles. The van der Waals surface area contributed by atoms with Gasteiger partial charge in [-0.15, -0.1) is 11.8 Å². The Balaban J connectivity index is 1.99. The van der Waals surface area contributed by atoms with Gasteiger partial charge in [0.05, 0.1) is 6.61 Å². The molecular weight excluding hydrogens is 192 g/mol. The van der Waals surface area contributed by atoms with Crippen LogP contribution < -0.4 is 0 Å². The molecule has 0 spiro atoms. The quantitative estimate of drug-likeness (QED) is 0.502. The summed E-state index contributed by atoms with van der Waals surface area (Å²) in [6, 6.07) is 10.5. The molecule has 1 rings (SSSR count). The smallest absolute Gasteiger partial charge is 0.0560 e. The molecule has 0 saturated heterocycles. The summed E-state index contributed by atoms with van der Waals surface area (Å²) in [5.74, 6) is 1.05. The third kappa shape index (κ3) is 5.30. The monoisotopic (exact) mass is 210 g/mol. The fourth-order valence-corrected chi connectivity index (χ4v) is 1.87. The molecule has 78 valence electrons. The second-order valence-corrected chi connectivity index (χ2v) is 4.30. The highest BCUT2D eigenvalue weighted by Crippen LogP contribution is 2.16. The molecule has 1 nitrogen and oxygen atoms in total. The van der Waals surface area contributed by atoms with Crippen molar-refractivity contribution in [1.29, 1.82) is 0 Å². The average molecular weight is 210 g/mol. The van der Waals surface area contributed by atoms with Crippen molar-refractivity contribution in [3.63, 3.8) is 0 Å². The topological polar surface area (TPSA) is 9.23 Å². The maximum atomic E-state index is 5.47. The maximum Gasteiger partial charge on any atom is 0.0560 e. The number of hydrogen-bond acceptors (Lipinski definition) is 2. The van der Waals surface area contributed by atoms with Crippen LogP contribution in [0, 0.1) is 0 Å². The third-order valence-electron chi connectivity index (χ3n) is 1.88. The molecule has 0 heterocycles. The third-order valence-corrected chi connectivity index (χ3v) is 2.86. The van der Waals surface area contributed by atoms with Crippen LogP contribution in [-0.4, -0.2) is 19.0 Å². The summed E-state index contributed by atoms with van der Waals surface area (Å²) in [6.45, 7) is 3.95. The van der Waals surface area contributed by atoms with Gasteiger partial charge in [0.25, 0.3) is 0 Å². The highest BCUT2D eigenvalue weighted by atomic mass is 32.2. The van der Waals surface area contributed by atoms with E-state index in [0.29, 0.717) is 0 Å². The minimum absolute atomic E-state index is 0.861. The molecule has 14 heavy (non-hydrogen) atoms. The van der Waals surface area contributed by atoms with Crippen molar-refractivity contribution in [3.05, 3.63) is 30.3 Å². The number of thioether (sulfide) groups is 1. The normalized spacial score (nSPS) is 10.4. The Morgan fingerprint density at radius 2 is 1.93 bits per heavy atom. The fourth-order valence-electron chi connectivity index (χ4n) is 1.08. The van der Waals surface area contributed by atoms with Gasteiger partial charge < -0.3 is 4.74 Å². The Hall–Kier alpha value is -0.470. The number of benzene rings is 1. The zero-order chi connectivity index (χ0) is 10.1. The van der Waals surface area contributed by atoms with Crippen molar-refractivity contribution in [2.45, 2.75) is 24.7 Å². The van der Waals surface area contributed by atoms with Gasteiger partial charge in [-0.25, -0.2) is 0 Å². The van der Waals surface area contributed by atoms with E-state index in [9.17, 15) is 0 Å². The van der Waals surface area contributed by atoms with Crippen LogP contribution >= 0.6 is 11.8 Å². The number of ether oxygens (including phenoxy) is 1. The van der Waals surface area contributed by atoms with Crippen molar-refractivity contribution < 1.29 is 4.74 Å². The first-order chi connectivity index (χ1) is 6.93. The molecule has 0 unspecified atom stereocenters. The van der Waals surface area contributed by atoms with Gasteiger partial charge >= 0.3 is 0 Å². The van der Waals surface area contributed by atoms with Gasteiger partial charge in [0.2, 0.25) is 0 Å². The Morgan fingerprint density at radius 1 is 1.14 bits per heavy atom. The molecule has 0 fully saturated rings. The second kappa shape index (κ2) is 7.89. The first-order valence-electron chi connectivity index (χ1n) is 5.19. The van der Waals surface area contributed by atoms with E-state index in [4.69, 9.17) is 4.74 Å². The first kappa shape index (κ1) is 11.6. The van der Waals surface area contributed by atoms with Crippen LogP contribution in [-0.2, 0) is 4.74 Å². The Labute approximate surface area is 90.9 Å². The zero-order valence-electron chi connectivity index (χ0n) is 8.74. The first-order valence-corrected chi connectivity index (χ1v) is 6.17. The van der Waals surface area contributed by atoms with Crippen LogP contribution in [0.2, 0.25) is 0 Å². The van der Waals surface area contributed by atoms with E-state index in [1.54, 1.807) is 0 Å². The molecule has 2 heteroatoms. The Bertz CT molecular complexity index is 223. The Morgan fingerprint density at radius 3 is 2.64 bits per heavy atom. The van der Waals surface area contributed by atoms with E-state index in [0.717, 1.165) is 19.0 Å². The molecular formula is C12H18OS. The molecule has 1 aromatic rings. The highest BCUT2D eigenvalue weighted by Gasteiger charge is 1.92. The molecule has 0 aliphatic rings. The van der Waals surface area contributed by atoms with Crippen LogP contribution in [0.25, 0.3) is 0 Å². The molecule has 0 aliphatic carbocycles. The Kier molecular flexibility index (Phi) is 6.54. The minimum atomic E-state index is 0.861. The van der Waals surface area contributed by atoms with Crippen LogP contribution in [0.5, 0.6) is 0 Å². The highest BCUT2D eigenvalue weighted by molar-refractivity contribution is 7.99. The molecule has 0 saturated carbocycles. The zero-order valence-corrected chi connectivity index (χ0v) is 9.56. The summed E-state index contributed by atoms with van der Waals surface area (Å²) in [5, 5.41) is 0. The van der Waals surface area contributed by atoms with Gasteiger partial charge in [-0.1, -0.05) is 31.5 Å². The van der Waals surface area contributed by atoms with E-state index in [1.807, 2.05) is 17.8 Å². The van der Waals surface area contributed by atoms with Crippen molar-refractivity contribution in [1.82, 2.24) is 0 Å². The van der Waals surface area contributed by atoms with Crippen molar-refractivity contribution >= 4 is 11.8 Å². The predicted molar refractivity (Wildman–Crippen MR) is 62.9 cm³/mol. The summed E-state index contributed by atoms with van der Waals surface area (Å²) in [5.41, 5.74) is 0. The molecule has 1 aromatic carbocycles. The number of unbranched alkanes of at least 4 members (excludes halogenated alkanes) is 1. The molecule has 0 aromatic heterocycles. The second-order valence-electron chi connectivity index (χ2n) is 3.13. The van der Waals surface area contributed by atoms with Gasteiger partial charge in [-0.3, -0.25) is 0 Å². The van der Waals surface area contributed by atoms with E-state index in [-0.39, 0.29) is 0 Å². The van der Waals surface area contributed by atoms with Crippen LogP contribution in [0.4, 0.5) is 0 Å². The van der Waals surface area contributed by atoms with Gasteiger partial charge in [-0.05, 0) is 18.6 Å². The summed E-state index contributed by atoms with van der Waals surface area (Å²) < 4.78 is 5.47. The van der Waals surface area contributed by atoms with Crippen molar-refractivity contribution in [3.8, 4) is 0 Å². The summed E-state index contributed by atoms with van der Waals surface area (Å²) in [7, 11) is 0. The average Bonchev–Trinajstić information content (AvgIpc) is 2.25. The summed E-state index contributed by atoms with van der Waals surface area (Å²) >= 11 is 1.85. The van der Waals surface area contributed by atoms with E-state index >= 15 is 0 Å². The van der Waals surface area contributed by atoms with Crippen LogP contribution in [0.3, 0.4) is 0 Å². The minimum Gasteiger partial charge on any atom is -0.381 e. The predicted octanol–water partition coefficient (Wildman–Crippen LogP) is 3.60. The van der Waals surface area contributed by atoms with Gasteiger partial charge in [0.1, 0.15) is 0 Å². The van der Waals surface area contributed by atoms with E-state index < -0.39 is 0 Å². The maximum absolute atomic E-state index is 5.47. The number of hydrogen-bond donors (Lipinski definition) is 0. The molecule has 0 bridgehead atoms. The SMILES string of the molecule is CCCCOCCSc1ccccc1. The largest absolute Gasteiger partial charge is 0.381 e. The lowest BCUT2D eigenvalue weighted by atomic mass is 10.4. The summed E-state index contributed by atoms with van der Waals surface area (Å²) in [6.07, 6.45) is 2.39. The lowest BCUT2D eigenvalue weighted by Gasteiger charge is -2.02. The molecule has 0 N–H and O–H groups in total. The molecule has 0 atom stereocenters. The summed E-state index contributed by atoms with van der Waals surface area (Å²) in [4.78, 5) is 1.33. The van der Waals surface area contributed by atoms with E-state index in [2.05, 4.69) is 31.2 Å².